The van der Waals surface area contributed by atoms with E-state index in [2.05, 4.69) is 27.8 Å². The molecule has 1 saturated heterocycles. The maximum atomic E-state index is 12.4. The summed E-state index contributed by atoms with van der Waals surface area (Å²) in [7, 11) is 0. The molecule has 1 unspecified atom stereocenters. The van der Waals surface area contributed by atoms with Crippen molar-refractivity contribution in [3.8, 4) is 0 Å². The van der Waals surface area contributed by atoms with Crippen molar-refractivity contribution in [3.63, 3.8) is 0 Å². The van der Waals surface area contributed by atoms with Crippen LogP contribution in [0.4, 0.5) is 6.01 Å². The fraction of sp³-hybridized carbons (Fsp3) is 0.750. The number of amides is 1. The largest absolute Gasteiger partial charge is 0.408 e. The van der Waals surface area contributed by atoms with Gasteiger partial charge in [-0.3, -0.25) is 10.1 Å². The van der Waals surface area contributed by atoms with Crippen LogP contribution in [0.5, 0.6) is 0 Å². The smallest absolute Gasteiger partial charge is 0.322 e. The second-order valence-corrected chi connectivity index (χ2v) is 4.89. The highest BCUT2D eigenvalue weighted by atomic mass is 16.4. The molecular formula is C12H20N4O2. The van der Waals surface area contributed by atoms with E-state index in [0.29, 0.717) is 5.89 Å². The number of hydrogen-bond donors (Lipinski definition) is 2. The Hall–Kier alpha value is -1.43. The Morgan fingerprint density at radius 3 is 2.94 bits per heavy atom. The van der Waals surface area contributed by atoms with Gasteiger partial charge in [0.1, 0.15) is 0 Å². The van der Waals surface area contributed by atoms with Crippen molar-refractivity contribution in [1.82, 2.24) is 15.5 Å². The molecule has 2 heterocycles. The van der Waals surface area contributed by atoms with Crippen LogP contribution in [0.2, 0.25) is 0 Å². The van der Waals surface area contributed by atoms with Crippen molar-refractivity contribution in [2.24, 2.45) is 5.41 Å². The third kappa shape index (κ3) is 2.69. The summed E-state index contributed by atoms with van der Waals surface area (Å²) in [5, 5.41) is 13.6. The molecule has 1 amide bonds. The van der Waals surface area contributed by atoms with E-state index < -0.39 is 0 Å². The predicted molar refractivity (Wildman–Crippen MR) is 67.1 cm³/mol. The summed E-state index contributed by atoms with van der Waals surface area (Å²) in [6.07, 6.45) is 3.79. The number of piperidine rings is 1. The summed E-state index contributed by atoms with van der Waals surface area (Å²) < 4.78 is 5.19. The van der Waals surface area contributed by atoms with E-state index in [1.165, 1.54) is 0 Å². The zero-order chi connectivity index (χ0) is 13.0. The first kappa shape index (κ1) is 13.0. The van der Waals surface area contributed by atoms with Crippen LogP contribution in [0.25, 0.3) is 0 Å². The van der Waals surface area contributed by atoms with Gasteiger partial charge in [0, 0.05) is 13.5 Å². The topological polar surface area (TPSA) is 80.1 Å². The van der Waals surface area contributed by atoms with Crippen LogP contribution in [0.1, 0.15) is 38.5 Å². The Morgan fingerprint density at radius 1 is 1.56 bits per heavy atom. The Bertz CT molecular complexity index is 404. The van der Waals surface area contributed by atoms with Crippen LogP contribution in [0, 0.1) is 12.3 Å². The van der Waals surface area contributed by atoms with Gasteiger partial charge in [0.2, 0.25) is 11.8 Å². The average Bonchev–Trinajstić information content (AvgIpc) is 2.76. The minimum atomic E-state index is -0.338. The molecule has 0 saturated carbocycles. The molecule has 1 aromatic rings. The summed E-state index contributed by atoms with van der Waals surface area (Å²) in [5.41, 5.74) is -0.338. The highest BCUT2D eigenvalue weighted by Gasteiger charge is 2.39. The first-order chi connectivity index (χ1) is 8.66. The van der Waals surface area contributed by atoms with Gasteiger partial charge in [-0.15, -0.1) is 5.10 Å². The van der Waals surface area contributed by atoms with E-state index >= 15 is 0 Å². The molecule has 0 radical (unpaired) electrons. The van der Waals surface area contributed by atoms with Gasteiger partial charge in [-0.25, -0.2) is 0 Å². The van der Waals surface area contributed by atoms with Gasteiger partial charge in [0.05, 0.1) is 5.41 Å². The number of aryl methyl sites for hydroxylation is 1. The average molecular weight is 252 g/mol. The Labute approximate surface area is 107 Å². The second kappa shape index (κ2) is 5.48. The van der Waals surface area contributed by atoms with Gasteiger partial charge in [-0.05, 0) is 25.8 Å². The third-order valence-corrected chi connectivity index (χ3v) is 3.43. The van der Waals surface area contributed by atoms with Crippen LogP contribution >= 0.6 is 0 Å². The van der Waals surface area contributed by atoms with Crippen molar-refractivity contribution < 1.29 is 9.21 Å². The molecule has 1 atom stereocenters. The first-order valence-corrected chi connectivity index (χ1v) is 6.48. The fourth-order valence-electron chi connectivity index (χ4n) is 2.54. The van der Waals surface area contributed by atoms with E-state index in [9.17, 15) is 4.79 Å². The monoisotopic (exact) mass is 252 g/mol. The summed E-state index contributed by atoms with van der Waals surface area (Å²) in [6, 6.07) is 0.193. The molecule has 6 heteroatoms. The number of aromatic nitrogens is 2. The van der Waals surface area contributed by atoms with Crippen LogP contribution < -0.4 is 10.6 Å². The van der Waals surface area contributed by atoms with Gasteiger partial charge in [0.15, 0.2) is 0 Å². The zero-order valence-corrected chi connectivity index (χ0v) is 11.0. The molecule has 0 bridgehead atoms. The number of anilines is 1. The maximum absolute atomic E-state index is 12.4. The highest BCUT2D eigenvalue weighted by Crippen LogP contribution is 2.32. The van der Waals surface area contributed by atoms with Crippen LogP contribution in [0.15, 0.2) is 4.42 Å². The lowest BCUT2D eigenvalue weighted by Gasteiger charge is -2.35. The van der Waals surface area contributed by atoms with Gasteiger partial charge in [-0.2, -0.15) is 0 Å². The van der Waals surface area contributed by atoms with Crippen molar-refractivity contribution in [2.75, 3.05) is 18.4 Å². The number of nitrogens with one attached hydrogen (secondary N) is 2. The lowest BCUT2D eigenvalue weighted by atomic mass is 9.76. The molecule has 6 nitrogen and oxygen atoms in total. The van der Waals surface area contributed by atoms with E-state index in [-0.39, 0.29) is 17.3 Å². The molecule has 1 aromatic heterocycles. The van der Waals surface area contributed by atoms with E-state index in [1.807, 2.05) is 0 Å². The van der Waals surface area contributed by atoms with Gasteiger partial charge < -0.3 is 9.73 Å². The summed E-state index contributed by atoms with van der Waals surface area (Å²) in [6.45, 7) is 5.51. The minimum Gasteiger partial charge on any atom is -0.408 e. The highest BCUT2D eigenvalue weighted by molar-refractivity contribution is 5.93. The molecule has 2 N–H and O–H groups in total. The normalized spacial score (nSPS) is 23.9. The lowest BCUT2D eigenvalue weighted by Crippen LogP contribution is -2.48. The Balaban J connectivity index is 2.08. The Morgan fingerprint density at radius 2 is 2.39 bits per heavy atom. The maximum Gasteiger partial charge on any atom is 0.322 e. The third-order valence-electron chi connectivity index (χ3n) is 3.43. The summed E-state index contributed by atoms with van der Waals surface area (Å²) >= 11 is 0. The number of hydrogen-bond acceptors (Lipinski definition) is 5. The van der Waals surface area contributed by atoms with Crippen molar-refractivity contribution in [2.45, 2.75) is 39.5 Å². The second-order valence-electron chi connectivity index (χ2n) is 4.89. The molecule has 1 aliphatic heterocycles. The van der Waals surface area contributed by atoms with E-state index in [1.54, 1.807) is 6.92 Å². The zero-order valence-electron chi connectivity index (χ0n) is 11.0. The van der Waals surface area contributed by atoms with Crippen molar-refractivity contribution >= 4 is 11.9 Å². The first-order valence-electron chi connectivity index (χ1n) is 6.48. The summed E-state index contributed by atoms with van der Waals surface area (Å²) in [5.74, 6) is 0.441. The molecular weight excluding hydrogens is 232 g/mol. The van der Waals surface area contributed by atoms with Crippen LogP contribution in [0.3, 0.4) is 0 Å². The predicted octanol–water partition coefficient (Wildman–Crippen LogP) is 1.49. The molecule has 0 aromatic carbocycles. The standard InChI is InChI=1S/C12H20N4O2/c1-3-5-12(6-4-7-13-8-12)10(17)14-11-16-15-9(2)18-11/h13H,3-8H2,1-2H3,(H,14,16,17). The lowest BCUT2D eigenvalue weighted by molar-refractivity contribution is -0.127. The van der Waals surface area contributed by atoms with Crippen molar-refractivity contribution in [3.05, 3.63) is 5.89 Å². The molecule has 0 aliphatic carbocycles. The van der Waals surface area contributed by atoms with Crippen LogP contribution in [-0.4, -0.2) is 29.2 Å². The van der Waals surface area contributed by atoms with Gasteiger partial charge >= 0.3 is 6.01 Å². The molecule has 0 spiro atoms. The fourth-order valence-corrected chi connectivity index (χ4v) is 2.54. The number of rotatable bonds is 4. The van der Waals surface area contributed by atoms with E-state index in [4.69, 9.17) is 4.42 Å². The SMILES string of the molecule is CCCC1(C(=O)Nc2nnc(C)o2)CCCNC1. The van der Waals surface area contributed by atoms with Gasteiger partial charge in [-0.1, -0.05) is 18.4 Å². The van der Waals surface area contributed by atoms with E-state index in [0.717, 1.165) is 38.8 Å². The number of carbonyl (C=O) groups excluding carboxylic acids is 1. The molecule has 1 fully saturated rings. The minimum absolute atomic E-state index is 0.0137. The van der Waals surface area contributed by atoms with Gasteiger partial charge in [0.25, 0.3) is 0 Å². The Kier molecular flexibility index (Phi) is 3.96. The molecule has 100 valence electrons. The molecule has 1 aliphatic rings. The van der Waals surface area contributed by atoms with Crippen LogP contribution in [-0.2, 0) is 4.79 Å². The molecule has 18 heavy (non-hydrogen) atoms. The van der Waals surface area contributed by atoms with Crippen molar-refractivity contribution in [1.29, 1.82) is 0 Å². The molecule has 2 rings (SSSR count). The number of nitrogens with zero attached hydrogens (tertiary/aromatic N) is 2. The number of carbonyl (C=O) groups is 1. The quantitative estimate of drug-likeness (QED) is 0.848. The summed E-state index contributed by atoms with van der Waals surface area (Å²) in [4.78, 5) is 12.4.